The van der Waals surface area contributed by atoms with Crippen LogP contribution in [-0.4, -0.2) is 31.8 Å². The SMILES string of the molecule is COCC#Cc1nc(C(F)(F)F)ccc1C=CC(=O)OC. The van der Waals surface area contributed by atoms with Crippen LogP contribution in [0.2, 0.25) is 0 Å². The minimum Gasteiger partial charge on any atom is -0.466 e. The molecule has 0 aromatic carbocycles. The lowest BCUT2D eigenvalue weighted by Gasteiger charge is -2.07. The van der Waals surface area contributed by atoms with Crippen molar-refractivity contribution in [2.75, 3.05) is 20.8 Å². The molecule has 112 valence electrons. The molecule has 7 heteroatoms. The van der Waals surface area contributed by atoms with Crippen molar-refractivity contribution >= 4 is 12.0 Å². The standard InChI is InChI=1S/C14H12F3NO3/c1-20-9-3-4-11-10(6-8-13(19)21-2)5-7-12(18-11)14(15,16)17/h5-8H,9H2,1-2H3. The number of carbonyl (C=O) groups is 1. The number of hydrogen-bond donors (Lipinski definition) is 0. The van der Waals surface area contributed by atoms with Crippen molar-refractivity contribution < 1.29 is 27.4 Å². The van der Waals surface area contributed by atoms with E-state index >= 15 is 0 Å². The predicted octanol–water partition coefficient (Wildman–Crippen LogP) is 2.28. The van der Waals surface area contributed by atoms with E-state index < -0.39 is 17.8 Å². The highest BCUT2D eigenvalue weighted by molar-refractivity contribution is 5.87. The molecule has 0 saturated heterocycles. The van der Waals surface area contributed by atoms with Gasteiger partial charge in [0.2, 0.25) is 0 Å². The Kier molecular flexibility index (Phi) is 5.93. The van der Waals surface area contributed by atoms with Crippen molar-refractivity contribution in [3.05, 3.63) is 35.2 Å². The lowest BCUT2D eigenvalue weighted by atomic mass is 10.1. The summed E-state index contributed by atoms with van der Waals surface area (Å²) in [7, 11) is 2.60. The van der Waals surface area contributed by atoms with Crippen LogP contribution in [-0.2, 0) is 20.4 Å². The highest BCUT2D eigenvalue weighted by Gasteiger charge is 2.32. The first kappa shape index (κ1) is 16.7. The number of hydrogen-bond acceptors (Lipinski definition) is 4. The molecule has 1 aromatic heterocycles. The molecule has 0 radical (unpaired) electrons. The van der Waals surface area contributed by atoms with Crippen molar-refractivity contribution in [3.63, 3.8) is 0 Å². The van der Waals surface area contributed by atoms with Crippen molar-refractivity contribution in [2.24, 2.45) is 0 Å². The number of pyridine rings is 1. The van der Waals surface area contributed by atoms with E-state index in [1.807, 2.05) is 0 Å². The lowest BCUT2D eigenvalue weighted by molar-refractivity contribution is -0.141. The molecule has 0 aliphatic heterocycles. The highest BCUT2D eigenvalue weighted by Crippen LogP contribution is 2.28. The van der Waals surface area contributed by atoms with Gasteiger partial charge in [0.25, 0.3) is 0 Å². The van der Waals surface area contributed by atoms with E-state index in [9.17, 15) is 18.0 Å². The third-order valence-electron chi connectivity index (χ3n) is 2.24. The molecule has 0 spiro atoms. The molecule has 0 aliphatic rings. The maximum atomic E-state index is 12.6. The predicted molar refractivity (Wildman–Crippen MR) is 69.0 cm³/mol. The molecule has 0 bridgehead atoms. The summed E-state index contributed by atoms with van der Waals surface area (Å²) < 4.78 is 47.0. The maximum Gasteiger partial charge on any atom is 0.433 e. The average Bonchev–Trinajstić information content (AvgIpc) is 2.44. The van der Waals surface area contributed by atoms with Crippen LogP contribution in [0, 0.1) is 11.8 Å². The molecule has 1 aromatic rings. The number of esters is 1. The zero-order valence-corrected chi connectivity index (χ0v) is 11.3. The molecular weight excluding hydrogens is 287 g/mol. The number of alkyl halides is 3. The minimum absolute atomic E-state index is 0.0537. The van der Waals surface area contributed by atoms with E-state index in [0.29, 0.717) is 0 Å². The third-order valence-corrected chi connectivity index (χ3v) is 2.24. The van der Waals surface area contributed by atoms with Gasteiger partial charge in [0.1, 0.15) is 18.0 Å². The molecule has 0 aliphatic carbocycles. The van der Waals surface area contributed by atoms with E-state index in [1.165, 1.54) is 26.4 Å². The Hall–Kier alpha value is -2.33. The second kappa shape index (κ2) is 7.45. The van der Waals surface area contributed by atoms with Crippen molar-refractivity contribution in [2.45, 2.75) is 6.18 Å². The monoisotopic (exact) mass is 299 g/mol. The number of rotatable bonds is 3. The third kappa shape index (κ3) is 5.28. The first-order chi connectivity index (χ1) is 9.88. The van der Waals surface area contributed by atoms with Gasteiger partial charge in [0.05, 0.1) is 7.11 Å². The summed E-state index contributed by atoms with van der Waals surface area (Å²) in [5.74, 6) is 4.37. The van der Waals surface area contributed by atoms with Crippen LogP contribution in [0.1, 0.15) is 17.0 Å². The van der Waals surface area contributed by atoms with Gasteiger partial charge < -0.3 is 9.47 Å². The topological polar surface area (TPSA) is 48.4 Å². The maximum absolute atomic E-state index is 12.6. The molecule has 0 saturated carbocycles. The molecule has 0 N–H and O–H groups in total. The first-order valence-electron chi connectivity index (χ1n) is 5.70. The van der Waals surface area contributed by atoms with Crippen LogP contribution in [0.3, 0.4) is 0 Å². The van der Waals surface area contributed by atoms with Crippen LogP contribution in [0.25, 0.3) is 6.08 Å². The Balaban J connectivity index is 3.21. The minimum atomic E-state index is -4.57. The Labute approximate surface area is 119 Å². The summed E-state index contributed by atoms with van der Waals surface area (Å²) >= 11 is 0. The number of methoxy groups -OCH3 is 2. The smallest absolute Gasteiger partial charge is 0.433 e. The molecule has 0 amide bonds. The molecule has 1 rings (SSSR count). The van der Waals surface area contributed by atoms with Gasteiger partial charge in [-0.1, -0.05) is 5.92 Å². The molecule has 0 atom stereocenters. The number of nitrogens with zero attached hydrogens (tertiary/aromatic N) is 1. The molecule has 21 heavy (non-hydrogen) atoms. The first-order valence-corrected chi connectivity index (χ1v) is 5.70. The second-order valence-corrected chi connectivity index (χ2v) is 3.72. The van der Waals surface area contributed by atoms with Gasteiger partial charge in [-0.05, 0) is 24.1 Å². The van der Waals surface area contributed by atoms with Gasteiger partial charge in [-0.25, -0.2) is 9.78 Å². The second-order valence-electron chi connectivity index (χ2n) is 3.72. The van der Waals surface area contributed by atoms with E-state index in [1.54, 1.807) is 0 Å². The largest absolute Gasteiger partial charge is 0.466 e. The summed E-state index contributed by atoms with van der Waals surface area (Å²) in [6.07, 6.45) is -2.20. The van der Waals surface area contributed by atoms with Gasteiger partial charge in [0.15, 0.2) is 0 Å². The molecular formula is C14H12F3NO3. The van der Waals surface area contributed by atoms with Crippen LogP contribution in [0.5, 0.6) is 0 Å². The quantitative estimate of drug-likeness (QED) is 0.488. The lowest BCUT2D eigenvalue weighted by Crippen LogP contribution is -2.09. The highest BCUT2D eigenvalue weighted by atomic mass is 19.4. The van der Waals surface area contributed by atoms with Crippen LogP contribution < -0.4 is 0 Å². The van der Waals surface area contributed by atoms with Gasteiger partial charge in [0, 0.05) is 18.7 Å². The molecule has 0 unspecified atom stereocenters. The molecule has 1 heterocycles. The summed E-state index contributed by atoms with van der Waals surface area (Å²) in [4.78, 5) is 14.5. The van der Waals surface area contributed by atoms with Gasteiger partial charge in [-0.15, -0.1) is 0 Å². The van der Waals surface area contributed by atoms with Gasteiger partial charge in [-0.2, -0.15) is 13.2 Å². The molecule has 4 nitrogen and oxygen atoms in total. The summed E-state index contributed by atoms with van der Waals surface area (Å²) in [5, 5.41) is 0. The van der Waals surface area contributed by atoms with Crippen LogP contribution in [0.4, 0.5) is 13.2 Å². The Bertz CT molecular complexity index is 598. The van der Waals surface area contributed by atoms with Crippen molar-refractivity contribution in [1.82, 2.24) is 4.98 Å². The zero-order chi connectivity index (χ0) is 15.9. The number of ether oxygens (including phenoxy) is 2. The van der Waals surface area contributed by atoms with E-state index in [-0.39, 0.29) is 17.9 Å². The molecule has 0 fully saturated rings. The Morgan fingerprint density at radius 1 is 1.38 bits per heavy atom. The van der Waals surface area contributed by atoms with Gasteiger partial charge in [-0.3, -0.25) is 0 Å². The van der Waals surface area contributed by atoms with Crippen LogP contribution >= 0.6 is 0 Å². The fraction of sp³-hybridized carbons (Fsp3) is 0.286. The zero-order valence-electron chi connectivity index (χ0n) is 11.3. The Morgan fingerprint density at radius 2 is 2.10 bits per heavy atom. The summed E-state index contributed by atoms with van der Waals surface area (Å²) in [6.45, 7) is 0.0537. The fourth-order valence-electron chi connectivity index (χ4n) is 1.28. The normalized spacial score (nSPS) is 11.1. The van der Waals surface area contributed by atoms with E-state index in [4.69, 9.17) is 4.74 Å². The number of carbonyl (C=O) groups excluding carboxylic acids is 1. The number of halogens is 3. The van der Waals surface area contributed by atoms with Gasteiger partial charge >= 0.3 is 12.1 Å². The van der Waals surface area contributed by atoms with E-state index in [2.05, 4.69) is 21.6 Å². The fourth-order valence-corrected chi connectivity index (χ4v) is 1.28. The summed E-state index contributed by atoms with van der Waals surface area (Å²) in [6, 6.07) is 2.00. The average molecular weight is 299 g/mol. The van der Waals surface area contributed by atoms with Crippen molar-refractivity contribution in [3.8, 4) is 11.8 Å². The van der Waals surface area contributed by atoms with Crippen molar-refractivity contribution in [1.29, 1.82) is 0 Å². The Morgan fingerprint density at radius 3 is 2.67 bits per heavy atom. The summed E-state index contributed by atoms with van der Waals surface area (Å²) in [5.41, 5.74) is -0.876. The number of aromatic nitrogens is 1. The van der Waals surface area contributed by atoms with Crippen LogP contribution in [0.15, 0.2) is 18.2 Å². The van der Waals surface area contributed by atoms with E-state index in [0.717, 1.165) is 12.1 Å².